The van der Waals surface area contributed by atoms with Crippen LogP contribution in [0.2, 0.25) is 0 Å². The Morgan fingerprint density at radius 2 is 1.65 bits per heavy atom. The second-order valence-corrected chi connectivity index (χ2v) is 8.24. The van der Waals surface area contributed by atoms with Crippen LogP contribution in [0.25, 0.3) is 0 Å². The van der Waals surface area contributed by atoms with E-state index in [4.69, 9.17) is 5.73 Å². The molecule has 0 saturated carbocycles. The van der Waals surface area contributed by atoms with Crippen molar-refractivity contribution in [3.8, 4) is 0 Å². The fourth-order valence-electron chi connectivity index (χ4n) is 3.08. The first-order chi connectivity index (χ1) is 7.88. The summed E-state index contributed by atoms with van der Waals surface area (Å²) in [6.07, 6.45) is 1.43. The number of likely N-dealkylation sites (tertiary alicyclic amines) is 1. The van der Waals surface area contributed by atoms with E-state index in [9.17, 15) is 8.42 Å². The van der Waals surface area contributed by atoms with Crippen molar-refractivity contribution in [3.05, 3.63) is 0 Å². The van der Waals surface area contributed by atoms with Gasteiger partial charge in [0.1, 0.15) is 9.84 Å². The van der Waals surface area contributed by atoms with E-state index in [0.29, 0.717) is 42.7 Å². The highest BCUT2D eigenvalue weighted by molar-refractivity contribution is 7.91. The first kappa shape index (κ1) is 13.3. The molecule has 2 heterocycles. The lowest BCUT2D eigenvalue weighted by molar-refractivity contribution is 0.105. The summed E-state index contributed by atoms with van der Waals surface area (Å²) < 4.78 is 23.1. The van der Waals surface area contributed by atoms with E-state index in [1.807, 2.05) is 0 Å². The standard InChI is InChI=1S/C12H24N2O2S/c1-10-7-14(8-11(10)2)12(9-13)3-5-17(15,16)6-4-12/h10-11H,3-9,13H2,1-2H3. The Morgan fingerprint density at radius 3 is 2.06 bits per heavy atom. The lowest BCUT2D eigenvalue weighted by Gasteiger charge is -2.44. The summed E-state index contributed by atoms with van der Waals surface area (Å²) >= 11 is 0. The average molecular weight is 260 g/mol. The van der Waals surface area contributed by atoms with Crippen molar-refractivity contribution in [2.75, 3.05) is 31.1 Å². The van der Waals surface area contributed by atoms with E-state index < -0.39 is 9.84 Å². The summed E-state index contributed by atoms with van der Waals surface area (Å²) in [4.78, 5) is 2.46. The predicted octanol–water partition coefficient (Wildman–Crippen LogP) is 0.480. The Balaban J connectivity index is 2.11. The first-order valence-corrected chi connectivity index (χ1v) is 8.36. The van der Waals surface area contributed by atoms with Crippen molar-refractivity contribution in [2.24, 2.45) is 17.6 Å². The molecule has 0 aromatic heterocycles. The summed E-state index contributed by atoms with van der Waals surface area (Å²) in [5.74, 6) is 2.00. The van der Waals surface area contributed by atoms with Gasteiger partial charge in [-0.25, -0.2) is 8.42 Å². The zero-order valence-corrected chi connectivity index (χ0v) is 11.7. The van der Waals surface area contributed by atoms with Crippen LogP contribution in [-0.2, 0) is 9.84 Å². The Labute approximate surface area is 104 Å². The Bertz CT molecular complexity index is 356. The molecule has 0 aromatic rings. The zero-order valence-electron chi connectivity index (χ0n) is 10.9. The molecule has 2 saturated heterocycles. The Morgan fingerprint density at radius 1 is 1.18 bits per heavy atom. The predicted molar refractivity (Wildman–Crippen MR) is 69.6 cm³/mol. The molecule has 2 aliphatic heterocycles. The summed E-state index contributed by atoms with van der Waals surface area (Å²) in [6, 6.07) is 0. The van der Waals surface area contributed by atoms with Crippen molar-refractivity contribution in [1.29, 1.82) is 0 Å². The van der Waals surface area contributed by atoms with Gasteiger partial charge in [0.25, 0.3) is 0 Å². The van der Waals surface area contributed by atoms with Gasteiger partial charge in [0, 0.05) is 25.2 Å². The molecule has 0 aliphatic carbocycles. The van der Waals surface area contributed by atoms with Crippen LogP contribution < -0.4 is 5.73 Å². The summed E-state index contributed by atoms with van der Waals surface area (Å²) in [5, 5.41) is 0. The Kier molecular flexibility index (Phi) is 3.54. The van der Waals surface area contributed by atoms with Gasteiger partial charge < -0.3 is 5.73 Å². The van der Waals surface area contributed by atoms with Gasteiger partial charge in [0.05, 0.1) is 11.5 Å². The maximum Gasteiger partial charge on any atom is 0.150 e. The molecule has 0 aromatic carbocycles. The van der Waals surface area contributed by atoms with Crippen LogP contribution >= 0.6 is 0 Å². The zero-order chi connectivity index (χ0) is 12.7. The number of rotatable bonds is 2. The van der Waals surface area contributed by atoms with E-state index in [0.717, 1.165) is 13.1 Å². The van der Waals surface area contributed by atoms with Crippen LogP contribution in [0.3, 0.4) is 0 Å². The topological polar surface area (TPSA) is 63.4 Å². The van der Waals surface area contributed by atoms with Crippen LogP contribution in [0.4, 0.5) is 0 Å². The molecule has 0 spiro atoms. The molecule has 2 unspecified atom stereocenters. The largest absolute Gasteiger partial charge is 0.329 e. The highest BCUT2D eigenvalue weighted by atomic mass is 32.2. The summed E-state index contributed by atoms with van der Waals surface area (Å²) in [5.41, 5.74) is 5.91. The van der Waals surface area contributed by atoms with Gasteiger partial charge >= 0.3 is 0 Å². The van der Waals surface area contributed by atoms with Crippen LogP contribution in [-0.4, -0.2) is 50.0 Å². The SMILES string of the molecule is CC1CN(C2(CN)CCS(=O)(=O)CC2)CC1C. The quantitative estimate of drug-likeness (QED) is 0.784. The normalized spacial score (nSPS) is 37.1. The monoisotopic (exact) mass is 260 g/mol. The molecular weight excluding hydrogens is 236 g/mol. The van der Waals surface area contributed by atoms with Gasteiger partial charge in [-0.1, -0.05) is 13.8 Å². The van der Waals surface area contributed by atoms with E-state index in [1.165, 1.54) is 0 Å². The van der Waals surface area contributed by atoms with Gasteiger partial charge in [-0.3, -0.25) is 4.90 Å². The van der Waals surface area contributed by atoms with Crippen molar-refractivity contribution in [2.45, 2.75) is 32.2 Å². The van der Waals surface area contributed by atoms with Gasteiger partial charge in [0.15, 0.2) is 0 Å². The third-order valence-corrected chi connectivity index (χ3v) is 6.45. The van der Waals surface area contributed by atoms with Crippen LogP contribution in [0, 0.1) is 11.8 Å². The van der Waals surface area contributed by atoms with E-state index in [1.54, 1.807) is 0 Å². The third-order valence-electron chi connectivity index (χ3n) is 4.80. The molecule has 0 amide bonds. The average Bonchev–Trinajstić information content (AvgIpc) is 2.61. The van der Waals surface area contributed by atoms with Crippen molar-refractivity contribution in [3.63, 3.8) is 0 Å². The molecule has 2 rings (SSSR count). The second kappa shape index (κ2) is 4.52. The maximum absolute atomic E-state index is 11.5. The fourth-order valence-corrected chi connectivity index (χ4v) is 4.67. The summed E-state index contributed by atoms with van der Waals surface area (Å²) in [6.45, 7) is 7.27. The third kappa shape index (κ3) is 2.51. The number of nitrogens with two attached hydrogens (primary N) is 1. The van der Waals surface area contributed by atoms with E-state index in [-0.39, 0.29) is 5.54 Å². The molecule has 0 bridgehead atoms. The summed E-state index contributed by atoms with van der Waals surface area (Å²) in [7, 11) is -2.80. The molecule has 100 valence electrons. The highest BCUT2D eigenvalue weighted by Gasteiger charge is 2.44. The van der Waals surface area contributed by atoms with Crippen LogP contribution in [0.15, 0.2) is 0 Å². The first-order valence-electron chi connectivity index (χ1n) is 6.54. The van der Waals surface area contributed by atoms with Gasteiger partial charge in [-0.15, -0.1) is 0 Å². The lowest BCUT2D eigenvalue weighted by Crippen LogP contribution is -2.57. The second-order valence-electron chi connectivity index (χ2n) is 5.94. The van der Waals surface area contributed by atoms with E-state index >= 15 is 0 Å². The van der Waals surface area contributed by atoms with Crippen LogP contribution in [0.5, 0.6) is 0 Å². The Hall–Kier alpha value is -0.130. The van der Waals surface area contributed by atoms with Gasteiger partial charge in [-0.05, 0) is 24.7 Å². The lowest BCUT2D eigenvalue weighted by atomic mass is 9.90. The van der Waals surface area contributed by atoms with Gasteiger partial charge in [-0.2, -0.15) is 0 Å². The number of nitrogens with zero attached hydrogens (tertiary/aromatic N) is 1. The molecule has 2 N–H and O–H groups in total. The van der Waals surface area contributed by atoms with Gasteiger partial charge in [0.2, 0.25) is 0 Å². The minimum absolute atomic E-state index is 0.0512. The fraction of sp³-hybridized carbons (Fsp3) is 1.00. The maximum atomic E-state index is 11.5. The molecule has 4 nitrogen and oxygen atoms in total. The van der Waals surface area contributed by atoms with Crippen LogP contribution in [0.1, 0.15) is 26.7 Å². The molecule has 17 heavy (non-hydrogen) atoms. The minimum atomic E-state index is -2.80. The van der Waals surface area contributed by atoms with Crippen molar-refractivity contribution < 1.29 is 8.42 Å². The molecular formula is C12H24N2O2S. The highest BCUT2D eigenvalue weighted by Crippen LogP contribution is 2.35. The molecule has 2 aliphatic rings. The van der Waals surface area contributed by atoms with Crippen molar-refractivity contribution >= 4 is 9.84 Å². The molecule has 2 atom stereocenters. The van der Waals surface area contributed by atoms with Crippen molar-refractivity contribution in [1.82, 2.24) is 4.90 Å². The molecule has 2 fully saturated rings. The molecule has 0 radical (unpaired) electrons. The smallest absolute Gasteiger partial charge is 0.150 e. The number of sulfone groups is 1. The number of hydrogen-bond donors (Lipinski definition) is 1. The van der Waals surface area contributed by atoms with E-state index in [2.05, 4.69) is 18.7 Å². The minimum Gasteiger partial charge on any atom is -0.329 e. The number of hydrogen-bond acceptors (Lipinski definition) is 4. The molecule has 5 heteroatoms.